The van der Waals surface area contributed by atoms with Crippen molar-refractivity contribution in [3.8, 4) is 11.5 Å². The summed E-state index contributed by atoms with van der Waals surface area (Å²) in [4.78, 5) is 38.4. The summed E-state index contributed by atoms with van der Waals surface area (Å²) in [6, 6.07) is 9.27. The van der Waals surface area contributed by atoms with Crippen molar-refractivity contribution in [1.82, 2.24) is 5.32 Å². The number of carbonyl (C=O) groups excluding carboxylic acids is 3. The minimum atomic E-state index is -0.799. The number of anilines is 1. The maximum Gasteiger partial charge on any atom is 0.335 e. The Morgan fingerprint density at radius 1 is 1.11 bits per heavy atom. The Balaban J connectivity index is 2.06. The number of halogens is 2. The van der Waals surface area contributed by atoms with Crippen molar-refractivity contribution in [1.29, 1.82) is 0 Å². The molecule has 1 aliphatic rings. The summed E-state index contributed by atoms with van der Waals surface area (Å²) in [6.45, 7) is 0. The first kappa shape index (κ1) is 20.3. The van der Waals surface area contributed by atoms with E-state index in [-0.39, 0.29) is 5.57 Å². The fourth-order valence-corrected chi connectivity index (χ4v) is 3.93. The number of imide groups is 2. The van der Waals surface area contributed by atoms with Gasteiger partial charge in [-0.2, -0.15) is 0 Å². The molecule has 3 rings (SSSR count). The molecule has 1 aliphatic heterocycles. The zero-order chi connectivity index (χ0) is 20.4. The summed E-state index contributed by atoms with van der Waals surface area (Å²) in [6.07, 6.45) is 1.42. The molecule has 0 radical (unpaired) electrons. The van der Waals surface area contributed by atoms with Gasteiger partial charge in [0.2, 0.25) is 0 Å². The Hall–Kier alpha value is -2.40. The number of ether oxygens (including phenoxy) is 2. The first-order chi connectivity index (χ1) is 13.3. The van der Waals surface area contributed by atoms with E-state index >= 15 is 0 Å². The van der Waals surface area contributed by atoms with E-state index in [1.54, 1.807) is 36.4 Å². The van der Waals surface area contributed by atoms with E-state index in [1.807, 2.05) is 0 Å². The second-order valence-corrected chi connectivity index (χ2v) is 7.75. The van der Waals surface area contributed by atoms with E-state index < -0.39 is 17.8 Å². The highest BCUT2D eigenvalue weighted by Gasteiger charge is 2.36. The number of rotatable bonds is 4. The third-order valence-corrected chi connectivity index (χ3v) is 5.23. The van der Waals surface area contributed by atoms with Gasteiger partial charge in [0, 0.05) is 4.47 Å². The molecule has 0 bridgehead atoms. The van der Waals surface area contributed by atoms with Gasteiger partial charge in [-0.15, -0.1) is 0 Å². The summed E-state index contributed by atoms with van der Waals surface area (Å²) in [5.41, 5.74) is 0.740. The number of hydrogen-bond donors (Lipinski definition) is 1. The van der Waals surface area contributed by atoms with Crippen molar-refractivity contribution in [2.24, 2.45) is 0 Å². The molecule has 2 aromatic rings. The lowest BCUT2D eigenvalue weighted by molar-refractivity contribution is -0.122. The zero-order valence-corrected chi connectivity index (χ0v) is 18.5. The maximum atomic E-state index is 12.9. The molecule has 1 N–H and O–H groups in total. The first-order valence-corrected chi connectivity index (χ1v) is 9.81. The van der Waals surface area contributed by atoms with Gasteiger partial charge in [-0.25, -0.2) is 9.69 Å². The minimum absolute atomic E-state index is 0.164. The van der Waals surface area contributed by atoms with E-state index in [0.717, 1.165) is 8.47 Å². The van der Waals surface area contributed by atoms with Crippen LogP contribution in [0.3, 0.4) is 0 Å². The smallest absolute Gasteiger partial charge is 0.335 e. The average molecular weight is 557 g/mol. The van der Waals surface area contributed by atoms with Gasteiger partial charge >= 0.3 is 6.03 Å². The van der Waals surface area contributed by atoms with E-state index in [1.165, 1.54) is 20.3 Å². The van der Waals surface area contributed by atoms with Crippen LogP contribution in [-0.4, -0.2) is 32.1 Å². The monoisotopic (exact) mass is 556 g/mol. The molecule has 0 unspecified atom stereocenters. The lowest BCUT2D eigenvalue weighted by Crippen LogP contribution is -2.54. The second-order valence-electron chi connectivity index (χ2n) is 5.68. The van der Waals surface area contributed by atoms with Gasteiger partial charge in [0.05, 0.1) is 23.5 Å². The summed E-state index contributed by atoms with van der Waals surface area (Å²) in [5.74, 6) is -0.455. The third kappa shape index (κ3) is 3.90. The van der Waals surface area contributed by atoms with Crippen molar-refractivity contribution in [3.63, 3.8) is 0 Å². The molecule has 0 aliphatic carbocycles. The number of carbonyl (C=O) groups is 3. The lowest BCUT2D eigenvalue weighted by Gasteiger charge is -2.26. The zero-order valence-electron chi connectivity index (χ0n) is 14.8. The lowest BCUT2D eigenvalue weighted by atomic mass is 10.1. The summed E-state index contributed by atoms with van der Waals surface area (Å²) in [7, 11) is 3.02. The molecule has 144 valence electrons. The van der Waals surface area contributed by atoms with Crippen LogP contribution in [0, 0.1) is 3.57 Å². The number of nitrogens with one attached hydrogen (secondary N) is 1. The van der Waals surface area contributed by atoms with Gasteiger partial charge in [-0.1, -0.05) is 22.0 Å². The number of benzene rings is 2. The molecule has 0 spiro atoms. The van der Waals surface area contributed by atoms with Crippen LogP contribution in [-0.2, 0) is 9.59 Å². The molecular weight excluding hydrogens is 543 g/mol. The predicted octanol–water partition coefficient (Wildman–Crippen LogP) is 3.74. The Morgan fingerprint density at radius 3 is 2.50 bits per heavy atom. The predicted molar refractivity (Wildman–Crippen MR) is 115 cm³/mol. The highest BCUT2D eigenvalue weighted by atomic mass is 127. The van der Waals surface area contributed by atoms with Gasteiger partial charge < -0.3 is 9.47 Å². The van der Waals surface area contributed by atoms with Gasteiger partial charge in [-0.05, 0) is 64.6 Å². The summed E-state index contributed by atoms with van der Waals surface area (Å²) in [5, 5.41) is 2.20. The molecule has 7 nitrogen and oxygen atoms in total. The summed E-state index contributed by atoms with van der Waals surface area (Å²) >= 11 is 5.38. The molecule has 1 saturated heterocycles. The molecule has 4 amide bonds. The number of nitrogens with zero attached hydrogens (tertiary/aromatic N) is 1. The molecule has 1 fully saturated rings. The molecule has 0 aromatic heterocycles. The highest BCUT2D eigenvalue weighted by molar-refractivity contribution is 14.1. The van der Waals surface area contributed by atoms with Gasteiger partial charge in [-0.3, -0.25) is 14.9 Å². The van der Waals surface area contributed by atoms with Crippen molar-refractivity contribution in [2.75, 3.05) is 19.1 Å². The van der Waals surface area contributed by atoms with Crippen molar-refractivity contribution >= 4 is 68.1 Å². The maximum absolute atomic E-state index is 12.9. The molecule has 1 heterocycles. The van der Waals surface area contributed by atoms with Gasteiger partial charge in [0.25, 0.3) is 11.8 Å². The fraction of sp³-hybridized carbons (Fsp3) is 0.105. The Kier molecular flexibility index (Phi) is 6.04. The highest BCUT2D eigenvalue weighted by Crippen LogP contribution is 2.34. The van der Waals surface area contributed by atoms with Crippen molar-refractivity contribution in [3.05, 3.63) is 55.6 Å². The van der Waals surface area contributed by atoms with E-state index in [9.17, 15) is 14.4 Å². The average Bonchev–Trinajstić information content (AvgIpc) is 2.64. The number of amides is 4. The van der Waals surface area contributed by atoms with Crippen LogP contribution in [0.25, 0.3) is 6.08 Å². The number of barbiturate groups is 1. The molecule has 2 aromatic carbocycles. The van der Waals surface area contributed by atoms with Crippen LogP contribution in [0.4, 0.5) is 10.5 Å². The standard InChI is InChI=1S/C19H14BrIN2O5/c1-27-15-8-10(7-14(21)16(15)28-2)6-13-17(24)22-19(26)23(18(13)25)12-5-3-4-11(20)9-12/h3-9H,1-2H3,(H,22,24,26)/b13-6+. The van der Waals surface area contributed by atoms with Crippen LogP contribution in [0.5, 0.6) is 11.5 Å². The normalized spacial score (nSPS) is 15.6. The minimum Gasteiger partial charge on any atom is -0.493 e. The van der Waals surface area contributed by atoms with Crippen molar-refractivity contribution < 1.29 is 23.9 Å². The van der Waals surface area contributed by atoms with Crippen molar-refractivity contribution in [2.45, 2.75) is 0 Å². The molecule has 28 heavy (non-hydrogen) atoms. The Morgan fingerprint density at radius 2 is 1.86 bits per heavy atom. The van der Waals surface area contributed by atoms with Gasteiger partial charge in [0.1, 0.15) is 5.57 Å². The molecule has 9 heteroatoms. The van der Waals surface area contributed by atoms with Crippen LogP contribution in [0.2, 0.25) is 0 Å². The van der Waals surface area contributed by atoms with Crippen LogP contribution in [0.1, 0.15) is 5.56 Å². The second kappa shape index (κ2) is 8.31. The van der Waals surface area contributed by atoms with Crippen LogP contribution >= 0.6 is 38.5 Å². The molecule has 0 saturated carbocycles. The topological polar surface area (TPSA) is 84.9 Å². The van der Waals surface area contributed by atoms with Crippen LogP contribution < -0.4 is 19.7 Å². The quantitative estimate of drug-likeness (QED) is 0.352. The molecular formula is C19H14BrIN2O5. The van der Waals surface area contributed by atoms with E-state index in [0.29, 0.717) is 27.2 Å². The number of methoxy groups -OCH3 is 2. The van der Waals surface area contributed by atoms with Crippen LogP contribution in [0.15, 0.2) is 46.4 Å². The number of hydrogen-bond acceptors (Lipinski definition) is 5. The number of urea groups is 1. The summed E-state index contributed by atoms with van der Waals surface area (Å²) < 4.78 is 12.0. The third-order valence-electron chi connectivity index (χ3n) is 3.93. The largest absolute Gasteiger partial charge is 0.493 e. The van der Waals surface area contributed by atoms with E-state index in [2.05, 4.69) is 43.8 Å². The SMILES string of the molecule is COc1cc(/C=C2\C(=O)NC(=O)N(c3cccc(Br)c3)C2=O)cc(I)c1OC. The van der Waals surface area contributed by atoms with E-state index in [4.69, 9.17) is 9.47 Å². The van der Waals surface area contributed by atoms with Gasteiger partial charge in [0.15, 0.2) is 11.5 Å². The fourth-order valence-electron chi connectivity index (χ4n) is 2.70. The Bertz CT molecular complexity index is 1020. The molecule has 0 atom stereocenters. The first-order valence-electron chi connectivity index (χ1n) is 7.94. The Labute approximate surface area is 182 Å².